The first-order valence-electron chi connectivity index (χ1n) is 9.10. The monoisotopic (exact) mass is 404 g/mol. The summed E-state index contributed by atoms with van der Waals surface area (Å²) in [6, 6.07) is 17.9. The van der Waals surface area contributed by atoms with Gasteiger partial charge in [-0.1, -0.05) is 18.2 Å². The zero-order valence-electron chi connectivity index (χ0n) is 16.3. The van der Waals surface area contributed by atoms with Gasteiger partial charge in [-0.15, -0.1) is 0 Å². The van der Waals surface area contributed by atoms with E-state index >= 15 is 0 Å². The van der Waals surface area contributed by atoms with Crippen molar-refractivity contribution in [2.75, 3.05) is 30.4 Å². The fourth-order valence-electron chi connectivity index (χ4n) is 2.36. The summed E-state index contributed by atoms with van der Waals surface area (Å²) >= 11 is 0. The number of rotatable bonds is 8. The van der Waals surface area contributed by atoms with E-state index in [0.717, 1.165) is 5.69 Å². The predicted molar refractivity (Wildman–Crippen MR) is 112 cm³/mol. The number of benzene rings is 2. The molecular weight excluding hydrogens is 384 g/mol. The predicted octanol–water partition coefficient (Wildman–Crippen LogP) is 3.51. The molecule has 0 bridgehead atoms. The van der Waals surface area contributed by atoms with Gasteiger partial charge in [0.05, 0.1) is 11.4 Å². The van der Waals surface area contributed by atoms with E-state index in [1.807, 2.05) is 30.3 Å². The van der Waals surface area contributed by atoms with Gasteiger partial charge in [0.15, 0.2) is 6.61 Å². The Morgan fingerprint density at radius 2 is 1.57 bits per heavy atom. The highest BCUT2D eigenvalue weighted by atomic mass is 16.5. The van der Waals surface area contributed by atoms with Crippen LogP contribution in [0.3, 0.4) is 0 Å². The maximum absolute atomic E-state index is 12.0. The van der Waals surface area contributed by atoms with Gasteiger partial charge in [0.25, 0.3) is 5.91 Å². The number of azo groups is 1. The molecule has 1 N–H and O–H groups in total. The molecule has 0 spiro atoms. The molecule has 1 amide bonds. The van der Waals surface area contributed by atoms with Crippen LogP contribution >= 0.6 is 0 Å². The summed E-state index contributed by atoms with van der Waals surface area (Å²) < 4.78 is 5.00. The number of aromatic nitrogens is 2. The van der Waals surface area contributed by atoms with E-state index in [1.165, 1.54) is 4.90 Å². The minimum atomic E-state index is -0.559. The van der Waals surface area contributed by atoms with E-state index in [0.29, 0.717) is 17.3 Å². The van der Waals surface area contributed by atoms with Crippen molar-refractivity contribution < 1.29 is 14.3 Å². The molecule has 9 nitrogen and oxygen atoms in total. The minimum absolute atomic E-state index is 0.0710. The molecule has 0 aliphatic heterocycles. The second-order valence-electron chi connectivity index (χ2n) is 6.20. The van der Waals surface area contributed by atoms with E-state index in [-0.39, 0.29) is 6.54 Å². The van der Waals surface area contributed by atoms with Crippen LogP contribution in [0.25, 0.3) is 0 Å². The summed E-state index contributed by atoms with van der Waals surface area (Å²) in [6.45, 7) is -0.462. The fourth-order valence-corrected chi connectivity index (χ4v) is 2.36. The van der Waals surface area contributed by atoms with Crippen molar-refractivity contribution in [3.8, 4) is 0 Å². The topological polar surface area (TPSA) is 109 Å². The minimum Gasteiger partial charge on any atom is -0.454 e. The Balaban J connectivity index is 1.43. The Morgan fingerprint density at radius 1 is 0.933 bits per heavy atom. The molecule has 0 fully saturated rings. The molecule has 3 aromatic rings. The van der Waals surface area contributed by atoms with Crippen LogP contribution in [-0.2, 0) is 14.3 Å². The number of hydrogen-bond acceptors (Lipinski definition) is 8. The van der Waals surface area contributed by atoms with Gasteiger partial charge < -0.3 is 15.0 Å². The normalized spacial score (nSPS) is 10.6. The Labute approximate surface area is 173 Å². The molecule has 152 valence electrons. The molecular formula is C21H20N6O3. The fraction of sp³-hybridized carbons (Fsp3) is 0.143. The van der Waals surface area contributed by atoms with Crippen LogP contribution in [0.15, 0.2) is 83.3 Å². The van der Waals surface area contributed by atoms with Crippen molar-refractivity contribution in [3.05, 3.63) is 73.1 Å². The Morgan fingerprint density at radius 3 is 2.23 bits per heavy atom. The maximum Gasteiger partial charge on any atom is 0.326 e. The lowest BCUT2D eigenvalue weighted by Crippen LogP contribution is -2.30. The molecule has 9 heteroatoms. The van der Waals surface area contributed by atoms with Gasteiger partial charge in [-0.2, -0.15) is 10.2 Å². The van der Waals surface area contributed by atoms with Gasteiger partial charge in [-0.3, -0.25) is 9.59 Å². The highest BCUT2D eigenvalue weighted by Crippen LogP contribution is 2.20. The zero-order valence-corrected chi connectivity index (χ0v) is 16.3. The standard InChI is InChI=1S/C21H20N6O3/c1-27(21-22-12-5-13-23-21)14-20(29)30-15-19(28)24-16-8-10-18(11-9-16)26-25-17-6-3-2-4-7-17/h2-13H,14-15H2,1H3,(H,24,28). The Hall–Kier alpha value is -4.14. The van der Waals surface area contributed by atoms with E-state index in [2.05, 4.69) is 25.5 Å². The summed E-state index contributed by atoms with van der Waals surface area (Å²) in [7, 11) is 1.66. The third-order valence-electron chi connectivity index (χ3n) is 3.81. The molecule has 1 heterocycles. The third-order valence-corrected chi connectivity index (χ3v) is 3.81. The van der Waals surface area contributed by atoms with Crippen molar-refractivity contribution in [1.82, 2.24) is 9.97 Å². The van der Waals surface area contributed by atoms with Crippen LogP contribution in [0.4, 0.5) is 23.0 Å². The van der Waals surface area contributed by atoms with Gasteiger partial charge in [0.2, 0.25) is 5.95 Å². The maximum atomic E-state index is 12.0. The molecule has 0 atom stereocenters. The summed E-state index contributed by atoms with van der Waals surface area (Å²) in [6.07, 6.45) is 3.15. The molecule has 30 heavy (non-hydrogen) atoms. The number of amides is 1. The zero-order chi connectivity index (χ0) is 21.2. The molecule has 2 aromatic carbocycles. The second kappa shape index (κ2) is 10.4. The van der Waals surface area contributed by atoms with E-state index in [4.69, 9.17) is 4.74 Å². The van der Waals surface area contributed by atoms with Crippen molar-refractivity contribution in [2.24, 2.45) is 10.2 Å². The van der Waals surface area contributed by atoms with Crippen molar-refractivity contribution in [1.29, 1.82) is 0 Å². The molecule has 1 aromatic heterocycles. The van der Waals surface area contributed by atoms with Crippen LogP contribution in [-0.4, -0.2) is 42.0 Å². The highest BCUT2D eigenvalue weighted by Gasteiger charge is 2.12. The van der Waals surface area contributed by atoms with Gasteiger partial charge in [-0.25, -0.2) is 9.97 Å². The first-order valence-corrected chi connectivity index (χ1v) is 9.10. The van der Waals surface area contributed by atoms with Crippen LogP contribution < -0.4 is 10.2 Å². The van der Waals surface area contributed by atoms with Crippen molar-refractivity contribution in [3.63, 3.8) is 0 Å². The Bertz CT molecular complexity index is 994. The van der Waals surface area contributed by atoms with Crippen LogP contribution in [0, 0.1) is 0 Å². The summed E-state index contributed by atoms with van der Waals surface area (Å²) in [5.41, 5.74) is 1.96. The number of esters is 1. The molecule has 0 saturated carbocycles. The lowest BCUT2D eigenvalue weighted by molar-refractivity contribution is -0.145. The number of carbonyl (C=O) groups is 2. The van der Waals surface area contributed by atoms with Gasteiger partial charge >= 0.3 is 5.97 Å². The molecule has 0 unspecified atom stereocenters. The number of anilines is 2. The second-order valence-corrected chi connectivity index (χ2v) is 6.20. The van der Waals surface area contributed by atoms with Gasteiger partial charge in [0, 0.05) is 25.1 Å². The first kappa shape index (κ1) is 20.6. The molecule has 3 rings (SSSR count). The third kappa shape index (κ3) is 6.48. The van der Waals surface area contributed by atoms with Gasteiger partial charge in [-0.05, 0) is 42.5 Å². The SMILES string of the molecule is CN(CC(=O)OCC(=O)Nc1ccc(N=Nc2ccccc2)cc1)c1ncccn1. The number of carbonyl (C=O) groups excluding carboxylic acids is 2. The van der Waals surface area contributed by atoms with Crippen LogP contribution in [0.1, 0.15) is 0 Å². The van der Waals surface area contributed by atoms with E-state index in [9.17, 15) is 9.59 Å². The number of nitrogens with one attached hydrogen (secondary N) is 1. The molecule has 0 aliphatic rings. The van der Waals surface area contributed by atoms with Crippen molar-refractivity contribution in [2.45, 2.75) is 0 Å². The first-order chi connectivity index (χ1) is 14.6. The number of hydrogen-bond donors (Lipinski definition) is 1. The van der Waals surface area contributed by atoms with E-state index < -0.39 is 18.5 Å². The molecule has 0 aliphatic carbocycles. The average molecular weight is 404 g/mol. The molecule has 0 saturated heterocycles. The van der Waals surface area contributed by atoms with Crippen molar-refractivity contribution >= 4 is 34.9 Å². The van der Waals surface area contributed by atoms with E-state index in [1.54, 1.807) is 49.8 Å². The summed E-state index contributed by atoms with van der Waals surface area (Å²) in [5.74, 6) is -0.610. The smallest absolute Gasteiger partial charge is 0.326 e. The average Bonchev–Trinajstić information content (AvgIpc) is 2.78. The number of nitrogens with zero attached hydrogens (tertiary/aromatic N) is 5. The lowest BCUT2D eigenvalue weighted by Gasteiger charge is -2.15. The highest BCUT2D eigenvalue weighted by molar-refractivity contribution is 5.93. The van der Waals surface area contributed by atoms with Crippen LogP contribution in [0.5, 0.6) is 0 Å². The lowest BCUT2D eigenvalue weighted by atomic mass is 10.3. The van der Waals surface area contributed by atoms with Crippen LogP contribution in [0.2, 0.25) is 0 Å². The van der Waals surface area contributed by atoms with Gasteiger partial charge in [0.1, 0.15) is 6.54 Å². The molecule has 0 radical (unpaired) electrons. The number of likely N-dealkylation sites (N-methyl/N-ethyl adjacent to an activating group) is 1. The summed E-state index contributed by atoms with van der Waals surface area (Å²) in [4.78, 5) is 33.5. The quantitative estimate of drug-likeness (QED) is 0.454. The largest absolute Gasteiger partial charge is 0.454 e. The summed E-state index contributed by atoms with van der Waals surface area (Å²) in [5, 5.41) is 10.9. The number of ether oxygens (including phenoxy) is 1. The Kier molecular flexibility index (Phi) is 7.15.